The SMILES string of the molecule is CCC(NC(=O)c1ccc(COc2cc(C)cc(C)c2)o1)c1ccc(C)cc1. The average molecular weight is 377 g/mol. The smallest absolute Gasteiger partial charge is 0.287 e. The minimum Gasteiger partial charge on any atom is -0.486 e. The third-order valence-electron chi connectivity index (χ3n) is 4.66. The summed E-state index contributed by atoms with van der Waals surface area (Å²) in [6.45, 7) is 8.45. The van der Waals surface area contributed by atoms with E-state index in [1.165, 1.54) is 5.56 Å². The van der Waals surface area contributed by atoms with E-state index in [4.69, 9.17) is 9.15 Å². The van der Waals surface area contributed by atoms with Crippen molar-refractivity contribution < 1.29 is 13.9 Å². The maximum atomic E-state index is 12.6. The van der Waals surface area contributed by atoms with Crippen molar-refractivity contribution in [3.05, 3.63) is 88.4 Å². The summed E-state index contributed by atoms with van der Waals surface area (Å²) in [6.07, 6.45) is 0.804. The van der Waals surface area contributed by atoms with E-state index in [-0.39, 0.29) is 18.6 Å². The summed E-state index contributed by atoms with van der Waals surface area (Å²) >= 11 is 0. The Morgan fingerprint density at radius 1 is 0.964 bits per heavy atom. The zero-order valence-corrected chi connectivity index (χ0v) is 16.9. The molecule has 4 nitrogen and oxygen atoms in total. The molecule has 0 aliphatic carbocycles. The molecule has 1 aromatic heterocycles. The molecular weight excluding hydrogens is 350 g/mol. The quantitative estimate of drug-likeness (QED) is 0.577. The Balaban J connectivity index is 1.62. The molecule has 0 aliphatic heterocycles. The molecule has 3 rings (SSSR count). The van der Waals surface area contributed by atoms with Gasteiger partial charge in [0.25, 0.3) is 5.91 Å². The first kappa shape index (κ1) is 19.7. The zero-order valence-electron chi connectivity index (χ0n) is 16.9. The van der Waals surface area contributed by atoms with Crippen molar-refractivity contribution >= 4 is 5.91 Å². The fourth-order valence-corrected chi connectivity index (χ4v) is 3.20. The molecular formula is C24H27NO3. The monoisotopic (exact) mass is 377 g/mol. The Morgan fingerprint density at radius 3 is 2.29 bits per heavy atom. The lowest BCUT2D eigenvalue weighted by Crippen LogP contribution is -2.27. The highest BCUT2D eigenvalue weighted by Crippen LogP contribution is 2.20. The summed E-state index contributed by atoms with van der Waals surface area (Å²) in [6, 6.07) is 17.7. The van der Waals surface area contributed by atoms with Crippen molar-refractivity contribution in [1.82, 2.24) is 5.32 Å². The van der Waals surface area contributed by atoms with Crippen LogP contribution < -0.4 is 10.1 Å². The van der Waals surface area contributed by atoms with Crippen molar-refractivity contribution in [3.8, 4) is 5.75 Å². The Morgan fingerprint density at radius 2 is 1.64 bits per heavy atom. The van der Waals surface area contributed by atoms with E-state index < -0.39 is 0 Å². The van der Waals surface area contributed by atoms with Crippen molar-refractivity contribution in [3.63, 3.8) is 0 Å². The molecule has 1 atom stereocenters. The summed E-state index contributed by atoms with van der Waals surface area (Å²) in [7, 11) is 0. The van der Waals surface area contributed by atoms with E-state index in [0.29, 0.717) is 11.5 Å². The third kappa shape index (κ3) is 5.03. The fraction of sp³-hybridized carbons (Fsp3) is 0.292. The van der Waals surface area contributed by atoms with E-state index in [2.05, 4.69) is 42.6 Å². The van der Waals surface area contributed by atoms with Crippen LogP contribution in [0.5, 0.6) is 5.75 Å². The number of hydrogen-bond donors (Lipinski definition) is 1. The average Bonchev–Trinajstić information content (AvgIpc) is 3.13. The molecule has 1 N–H and O–H groups in total. The van der Waals surface area contributed by atoms with Crippen LogP contribution in [0.1, 0.15) is 58.0 Å². The summed E-state index contributed by atoms with van der Waals surface area (Å²) in [5, 5.41) is 3.05. The second-order valence-corrected chi connectivity index (χ2v) is 7.22. The van der Waals surface area contributed by atoms with E-state index >= 15 is 0 Å². The van der Waals surface area contributed by atoms with E-state index in [9.17, 15) is 4.79 Å². The summed E-state index contributed by atoms with van der Waals surface area (Å²) in [4.78, 5) is 12.6. The number of aryl methyl sites for hydroxylation is 3. The number of nitrogens with one attached hydrogen (secondary N) is 1. The molecule has 0 bridgehead atoms. The van der Waals surface area contributed by atoms with Gasteiger partial charge in [-0.3, -0.25) is 4.79 Å². The topological polar surface area (TPSA) is 51.5 Å². The molecule has 0 saturated heterocycles. The van der Waals surface area contributed by atoms with E-state index in [0.717, 1.165) is 28.9 Å². The van der Waals surface area contributed by atoms with Gasteiger partial charge in [-0.25, -0.2) is 0 Å². The van der Waals surface area contributed by atoms with Gasteiger partial charge in [-0.15, -0.1) is 0 Å². The standard InChI is InChI=1S/C24H27NO3/c1-5-22(19-8-6-16(2)7-9-19)25-24(26)23-11-10-20(28-23)15-27-21-13-17(3)12-18(4)14-21/h6-14,22H,5,15H2,1-4H3,(H,25,26). The molecule has 1 amide bonds. The van der Waals surface area contributed by atoms with Gasteiger partial charge in [-0.1, -0.05) is 42.8 Å². The Hall–Kier alpha value is -3.01. The minimum atomic E-state index is -0.218. The highest BCUT2D eigenvalue weighted by Gasteiger charge is 2.17. The highest BCUT2D eigenvalue weighted by atomic mass is 16.5. The highest BCUT2D eigenvalue weighted by molar-refractivity contribution is 5.91. The normalized spacial score (nSPS) is 11.9. The van der Waals surface area contributed by atoms with Gasteiger partial charge < -0.3 is 14.5 Å². The number of carbonyl (C=O) groups is 1. The largest absolute Gasteiger partial charge is 0.486 e. The fourth-order valence-electron chi connectivity index (χ4n) is 3.20. The van der Waals surface area contributed by atoms with Gasteiger partial charge in [0, 0.05) is 0 Å². The molecule has 0 spiro atoms. The van der Waals surface area contributed by atoms with Gasteiger partial charge in [-0.2, -0.15) is 0 Å². The Labute approximate surface area is 166 Å². The van der Waals surface area contributed by atoms with Crippen molar-refractivity contribution in [2.75, 3.05) is 0 Å². The summed E-state index contributed by atoms with van der Waals surface area (Å²) < 4.78 is 11.5. The number of carbonyl (C=O) groups excluding carboxylic acids is 1. The predicted molar refractivity (Wildman–Crippen MR) is 111 cm³/mol. The van der Waals surface area contributed by atoms with E-state index in [1.54, 1.807) is 12.1 Å². The number of ether oxygens (including phenoxy) is 1. The van der Waals surface area contributed by atoms with Crippen molar-refractivity contribution in [2.45, 2.75) is 46.8 Å². The first-order valence-corrected chi connectivity index (χ1v) is 9.62. The summed E-state index contributed by atoms with van der Waals surface area (Å²) in [5.74, 6) is 1.49. The van der Waals surface area contributed by atoms with Crippen LogP contribution in [0.25, 0.3) is 0 Å². The van der Waals surface area contributed by atoms with Gasteiger partial charge in [0.2, 0.25) is 0 Å². The first-order chi connectivity index (χ1) is 13.4. The molecule has 1 heterocycles. The first-order valence-electron chi connectivity index (χ1n) is 9.62. The number of benzene rings is 2. The Kier molecular flexibility index (Phi) is 6.19. The number of hydrogen-bond acceptors (Lipinski definition) is 3. The molecule has 146 valence electrons. The predicted octanol–water partition coefficient (Wildman–Crippen LogP) is 5.66. The lowest BCUT2D eigenvalue weighted by Gasteiger charge is -2.17. The van der Waals surface area contributed by atoms with Crippen LogP contribution in [0, 0.1) is 20.8 Å². The van der Waals surface area contributed by atoms with Crippen LogP contribution in [-0.2, 0) is 6.61 Å². The zero-order chi connectivity index (χ0) is 20.1. The van der Waals surface area contributed by atoms with Crippen LogP contribution in [0.15, 0.2) is 59.0 Å². The minimum absolute atomic E-state index is 0.0480. The second kappa shape index (κ2) is 8.79. The molecule has 28 heavy (non-hydrogen) atoms. The van der Waals surface area contributed by atoms with Gasteiger partial charge in [0.05, 0.1) is 6.04 Å². The molecule has 0 saturated carbocycles. The molecule has 0 aliphatic rings. The summed E-state index contributed by atoms with van der Waals surface area (Å²) in [5.41, 5.74) is 4.59. The number of rotatable bonds is 7. The molecule has 2 aromatic carbocycles. The van der Waals surface area contributed by atoms with Crippen LogP contribution in [0.3, 0.4) is 0 Å². The van der Waals surface area contributed by atoms with Crippen LogP contribution >= 0.6 is 0 Å². The maximum Gasteiger partial charge on any atom is 0.287 e. The molecule has 0 fully saturated rings. The van der Waals surface area contributed by atoms with Gasteiger partial charge in [0.15, 0.2) is 5.76 Å². The lowest BCUT2D eigenvalue weighted by atomic mass is 10.0. The molecule has 0 radical (unpaired) electrons. The number of furan rings is 1. The van der Waals surface area contributed by atoms with E-state index in [1.807, 2.05) is 32.9 Å². The Bertz CT molecular complexity index is 920. The van der Waals surface area contributed by atoms with Crippen LogP contribution in [0.2, 0.25) is 0 Å². The van der Waals surface area contributed by atoms with Gasteiger partial charge >= 0.3 is 0 Å². The maximum absolute atomic E-state index is 12.6. The molecule has 4 heteroatoms. The van der Waals surface area contributed by atoms with Crippen molar-refractivity contribution in [1.29, 1.82) is 0 Å². The molecule has 3 aromatic rings. The van der Waals surface area contributed by atoms with Crippen LogP contribution in [-0.4, -0.2) is 5.91 Å². The lowest BCUT2D eigenvalue weighted by molar-refractivity contribution is 0.0903. The number of amides is 1. The second-order valence-electron chi connectivity index (χ2n) is 7.22. The van der Waals surface area contributed by atoms with Gasteiger partial charge in [0.1, 0.15) is 18.1 Å². The van der Waals surface area contributed by atoms with Crippen molar-refractivity contribution in [2.24, 2.45) is 0 Å². The van der Waals surface area contributed by atoms with Gasteiger partial charge in [-0.05, 0) is 68.1 Å². The van der Waals surface area contributed by atoms with Crippen LogP contribution in [0.4, 0.5) is 0 Å². The molecule has 1 unspecified atom stereocenters. The third-order valence-corrected chi connectivity index (χ3v) is 4.66.